The Morgan fingerprint density at radius 1 is 1.23 bits per heavy atom. The molecule has 0 aliphatic carbocycles. The number of carboxylic acid groups (broad SMARTS) is 1. The Morgan fingerprint density at radius 2 is 1.85 bits per heavy atom. The fraction of sp³-hybridized carbons (Fsp3) is 0.250. The Bertz CT molecular complexity index is 823. The van der Waals surface area contributed by atoms with Crippen molar-refractivity contribution in [1.29, 1.82) is 0 Å². The Hall–Kier alpha value is -1.70. The van der Waals surface area contributed by atoms with Gasteiger partial charge in [-0.25, -0.2) is 4.79 Å². The molecular weight excluding hydrogens is 416 g/mol. The lowest BCUT2D eigenvalue weighted by atomic mass is 10.0. The lowest BCUT2D eigenvalue weighted by molar-refractivity contribution is -0.137. The number of pyridine rings is 1. The molecular formula is C16H12Cl3F3N2O2. The number of aryl methyl sites for hydroxylation is 1. The summed E-state index contributed by atoms with van der Waals surface area (Å²) in [5.74, 6) is 0. The molecule has 0 fully saturated rings. The van der Waals surface area contributed by atoms with Crippen molar-refractivity contribution in [2.24, 2.45) is 0 Å². The van der Waals surface area contributed by atoms with Crippen LogP contribution in [0.15, 0.2) is 36.5 Å². The van der Waals surface area contributed by atoms with Crippen LogP contribution in [0.4, 0.5) is 23.7 Å². The molecule has 1 amide bonds. The molecule has 1 heterocycles. The summed E-state index contributed by atoms with van der Waals surface area (Å²) >= 11 is 17.0. The van der Waals surface area contributed by atoms with Gasteiger partial charge in [-0.15, -0.1) is 0 Å². The number of halogens is 6. The topological polar surface area (TPSA) is 53.4 Å². The number of amides is 1. The van der Waals surface area contributed by atoms with Crippen molar-refractivity contribution in [3.05, 3.63) is 47.7 Å². The number of hydrogen-bond donors (Lipinski definition) is 1. The first-order valence-electron chi connectivity index (χ1n) is 7.10. The van der Waals surface area contributed by atoms with E-state index in [-0.39, 0.29) is 11.4 Å². The van der Waals surface area contributed by atoms with Gasteiger partial charge in [-0.05, 0) is 18.6 Å². The molecule has 0 saturated carbocycles. The van der Waals surface area contributed by atoms with Crippen LogP contribution in [-0.4, -0.2) is 26.5 Å². The minimum absolute atomic E-state index is 0.0350. The van der Waals surface area contributed by atoms with E-state index in [0.717, 1.165) is 0 Å². The van der Waals surface area contributed by atoms with E-state index in [1.54, 1.807) is 31.2 Å². The first kappa shape index (κ1) is 20.6. The van der Waals surface area contributed by atoms with Crippen LogP contribution >= 0.6 is 34.8 Å². The minimum Gasteiger partial charge on any atom is -0.465 e. The van der Waals surface area contributed by atoms with E-state index in [4.69, 9.17) is 34.8 Å². The van der Waals surface area contributed by atoms with Gasteiger partial charge in [0.05, 0.1) is 23.5 Å². The summed E-state index contributed by atoms with van der Waals surface area (Å²) in [6.45, 7) is 1.05. The third kappa shape index (κ3) is 4.93. The summed E-state index contributed by atoms with van der Waals surface area (Å²) in [6.07, 6.45) is -5.65. The van der Waals surface area contributed by atoms with Gasteiger partial charge in [0.25, 0.3) is 0 Å². The third-order valence-corrected chi connectivity index (χ3v) is 3.81. The smallest absolute Gasteiger partial charge is 0.417 e. The van der Waals surface area contributed by atoms with Crippen molar-refractivity contribution >= 4 is 46.6 Å². The summed E-state index contributed by atoms with van der Waals surface area (Å²) in [5.41, 5.74) is -0.242. The van der Waals surface area contributed by atoms with E-state index in [2.05, 4.69) is 4.98 Å². The Balaban J connectivity index is 2.73. The lowest BCUT2D eigenvalue weighted by Gasteiger charge is -2.26. The fourth-order valence-electron chi connectivity index (χ4n) is 2.30. The van der Waals surface area contributed by atoms with Gasteiger partial charge >= 0.3 is 12.3 Å². The maximum absolute atomic E-state index is 13.1. The van der Waals surface area contributed by atoms with Crippen molar-refractivity contribution in [1.82, 2.24) is 4.98 Å². The average molecular weight is 428 g/mol. The molecule has 0 radical (unpaired) electrons. The SMILES string of the molecule is Cc1ccccc1-c1ncc(C(F)(F)F)cc1N(CC(Cl)(Cl)Cl)C(=O)O. The number of anilines is 1. The number of alkyl halides is 6. The molecule has 0 atom stereocenters. The molecule has 0 spiro atoms. The van der Waals surface area contributed by atoms with Gasteiger partial charge in [-0.3, -0.25) is 9.88 Å². The number of benzene rings is 1. The molecule has 1 aromatic carbocycles. The van der Waals surface area contributed by atoms with E-state index in [1.165, 1.54) is 0 Å². The molecule has 0 saturated heterocycles. The Morgan fingerprint density at radius 3 is 2.35 bits per heavy atom. The van der Waals surface area contributed by atoms with E-state index < -0.39 is 28.2 Å². The molecule has 1 N–H and O–H groups in total. The minimum atomic E-state index is -4.71. The highest BCUT2D eigenvalue weighted by molar-refractivity contribution is 6.68. The molecule has 26 heavy (non-hydrogen) atoms. The second-order valence-corrected chi connectivity index (χ2v) is 7.90. The van der Waals surface area contributed by atoms with Crippen LogP contribution < -0.4 is 4.90 Å². The van der Waals surface area contributed by atoms with Crippen LogP contribution in [0.1, 0.15) is 11.1 Å². The van der Waals surface area contributed by atoms with Gasteiger partial charge in [-0.1, -0.05) is 59.1 Å². The molecule has 0 aliphatic heterocycles. The second kappa shape index (κ2) is 7.50. The summed E-state index contributed by atoms with van der Waals surface area (Å²) in [7, 11) is 0. The maximum atomic E-state index is 13.1. The van der Waals surface area contributed by atoms with Crippen LogP contribution in [0.5, 0.6) is 0 Å². The number of rotatable bonds is 3. The molecule has 0 unspecified atom stereocenters. The predicted octanol–water partition coefficient (Wildman–Crippen LogP) is 5.93. The maximum Gasteiger partial charge on any atom is 0.417 e. The zero-order valence-corrected chi connectivity index (χ0v) is 15.5. The summed E-state index contributed by atoms with van der Waals surface area (Å²) in [6, 6.07) is 7.41. The number of aromatic nitrogens is 1. The highest BCUT2D eigenvalue weighted by Crippen LogP contribution is 2.38. The molecule has 2 rings (SSSR count). The van der Waals surface area contributed by atoms with Gasteiger partial charge in [0.1, 0.15) is 0 Å². The van der Waals surface area contributed by atoms with Crippen molar-refractivity contribution < 1.29 is 23.1 Å². The quantitative estimate of drug-likeness (QED) is 0.618. The lowest BCUT2D eigenvalue weighted by Crippen LogP contribution is -2.37. The number of hydrogen-bond acceptors (Lipinski definition) is 2. The first-order valence-corrected chi connectivity index (χ1v) is 8.24. The summed E-state index contributed by atoms with van der Waals surface area (Å²) < 4.78 is 37.3. The van der Waals surface area contributed by atoms with E-state index >= 15 is 0 Å². The van der Waals surface area contributed by atoms with Crippen molar-refractivity contribution in [3.63, 3.8) is 0 Å². The van der Waals surface area contributed by atoms with Gasteiger partial charge in [0.15, 0.2) is 0 Å². The third-order valence-electron chi connectivity index (χ3n) is 3.45. The van der Waals surface area contributed by atoms with Gasteiger partial charge in [0, 0.05) is 11.8 Å². The average Bonchev–Trinajstić information content (AvgIpc) is 2.51. The molecule has 0 aliphatic rings. The highest BCUT2D eigenvalue weighted by Gasteiger charge is 2.35. The molecule has 140 valence electrons. The number of nitrogens with zero attached hydrogens (tertiary/aromatic N) is 2. The highest BCUT2D eigenvalue weighted by atomic mass is 35.6. The van der Waals surface area contributed by atoms with Crippen LogP contribution in [0.25, 0.3) is 11.3 Å². The predicted molar refractivity (Wildman–Crippen MR) is 95.1 cm³/mol. The molecule has 4 nitrogen and oxygen atoms in total. The Labute approximate surface area is 162 Å². The van der Waals surface area contributed by atoms with E-state index in [0.29, 0.717) is 28.3 Å². The van der Waals surface area contributed by atoms with E-state index in [1.807, 2.05) is 0 Å². The molecule has 1 aromatic heterocycles. The second-order valence-electron chi connectivity index (χ2n) is 5.39. The van der Waals surface area contributed by atoms with E-state index in [9.17, 15) is 23.1 Å². The zero-order valence-electron chi connectivity index (χ0n) is 13.2. The summed E-state index contributed by atoms with van der Waals surface area (Å²) in [4.78, 5) is 16.0. The Kier molecular flexibility index (Phi) is 5.95. The van der Waals surface area contributed by atoms with Crippen molar-refractivity contribution in [2.75, 3.05) is 11.4 Å². The van der Waals surface area contributed by atoms with Crippen LogP contribution in [0, 0.1) is 6.92 Å². The van der Waals surface area contributed by atoms with Crippen molar-refractivity contribution in [2.45, 2.75) is 16.9 Å². The van der Waals surface area contributed by atoms with Crippen LogP contribution in [0.2, 0.25) is 0 Å². The van der Waals surface area contributed by atoms with Gasteiger partial charge in [-0.2, -0.15) is 13.2 Å². The molecule has 0 bridgehead atoms. The molecule has 2 aromatic rings. The standard InChI is InChI=1S/C16H12Cl3F3N2O2/c1-9-4-2-3-5-11(9)13-12(6-10(7-23-13)16(20,21)22)24(14(25)26)8-15(17,18)19/h2-7H,8H2,1H3,(H,25,26). The number of carbonyl (C=O) groups is 1. The molecule has 10 heteroatoms. The van der Waals surface area contributed by atoms with Gasteiger partial charge < -0.3 is 5.11 Å². The normalized spacial score (nSPS) is 12.1. The summed E-state index contributed by atoms with van der Waals surface area (Å²) in [5, 5.41) is 9.47. The van der Waals surface area contributed by atoms with Crippen LogP contribution in [0.3, 0.4) is 0 Å². The van der Waals surface area contributed by atoms with Crippen molar-refractivity contribution in [3.8, 4) is 11.3 Å². The zero-order chi connectivity index (χ0) is 19.7. The largest absolute Gasteiger partial charge is 0.465 e. The fourth-order valence-corrected chi connectivity index (χ4v) is 2.65. The first-order chi connectivity index (χ1) is 11.9. The monoisotopic (exact) mass is 426 g/mol. The van der Waals surface area contributed by atoms with Crippen LogP contribution in [-0.2, 0) is 6.18 Å². The van der Waals surface area contributed by atoms with Gasteiger partial charge in [0.2, 0.25) is 3.79 Å².